The van der Waals surface area contributed by atoms with E-state index >= 15 is 0 Å². The third kappa shape index (κ3) is 4.30. The van der Waals surface area contributed by atoms with Gasteiger partial charge in [0.1, 0.15) is 28.0 Å². The van der Waals surface area contributed by atoms with Crippen LogP contribution < -0.4 is 14.2 Å². The number of sulfonamides is 1. The predicted octanol–water partition coefficient (Wildman–Crippen LogP) is 3.84. The van der Waals surface area contributed by atoms with E-state index in [0.29, 0.717) is 18.1 Å². The van der Waals surface area contributed by atoms with Crippen LogP contribution in [-0.4, -0.2) is 38.7 Å². The second kappa shape index (κ2) is 8.97. The first-order chi connectivity index (χ1) is 15.4. The third-order valence-electron chi connectivity index (χ3n) is 5.04. The van der Waals surface area contributed by atoms with E-state index in [1.54, 1.807) is 24.3 Å². The largest absolute Gasteiger partial charge is 0.497 e. The number of nitrogens with one attached hydrogen (secondary N) is 1. The Morgan fingerprint density at radius 2 is 1.75 bits per heavy atom. The van der Waals surface area contributed by atoms with E-state index in [2.05, 4.69) is 9.71 Å². The Hall–Kier alpha value is -3.43. The molecule has 0 bridgehead atoms. The number of aromatic nitrogens is 2. The number of imidazole rings is 1. The van der Waals surface area contributed by atoms with Gasteiger partial charge in [0.25, 0.3) is 0 Å². The number of ether oxygens (including phenoxy) is 2. The van der Waals surface area contributed by atoms with Gasteiger partial charge in [-0.3, -0.25) is 0 Å². The van der Waals surface area contributed by atoms with Crippen molar-refractivity contribution in [2.75, 3.05) is 20.8 Å². The zero-order valence-corrected chi connectivity index (χ0v) is 18.4. The minimum Gasteiger partial charge on any atom is -0.497 e. The van der Waals surface area contributed by atoms with Gasteiger partial charge in [0.2, 0.25) is 10.0 Å². The van der Waals surface area contributed by atoms with Crippen molar-refractivity contribution >= 4 is 21.1 Å². The van der Waals surface area contributed by atoms with Crippen molar-refractivity contribution in [2.24, 2.45) is 0 Å². The fraction of sp³-hybridized carbons (Fsp3) is 0.174. The van der Waals surface area contributed by atoms with Crippen molar-refractivity contribution in [3.8, 4) is 22.9 Å². The maximum absolute atomic E-state index is 13.4. The highest BCUT2D eigenvalue weighted by Gasteiger charge is 2.21. The Labute approximate surface area is 185 Å². The minimum atomic E-state index is -3.86. The molecule has 0 fully saturated rings. The van der Waals surface area contributed by atoms with Crippen molar-refractivity contribution in [3.63, 3.8) is 0 Å². The van der Waals surface area contributed by atoms with Gasteiger partial charge in [0, 0.05) is 24.7 Å². The minimum absolute atomic E-state index is 0.00593. The Morgan fingerprint density at radius 1 is 1.00 bits per heavy atom. The molecule has 7 nitrogen and oxygen atoms in total. The van der Waals surface area contributed by atoms with Crippen LogP contribution in [0.15, 0.2) is 71.6 Å². The Kier molecular flexibility index (Phi) is 6.11. The van der Waals surface area contributed by atoms with E-state index in [1.807, 2.05) is 28.8 Å². The number of fused-ring (bicyclic) bond motifs is 1. The van der Waals surface area contributed by atoms with Crippen LogP contribution in [0.3, 0.4) is 0 Å². The first-order valence-corrected chi connectivity index (χ1v) is 11.3. The highest BCUT2D eigenvalue weighted by molar-refractivity contribution is 7.89. The lowest BCUT2D eigenvalue weighted by atomic mass is 10.2. The van der Waals surface area contributed by atoms with E-state index in [0.717, 1.165) is 16.6 Å². The van der Waals surface area contributed by atoms with Gasteiger partial charge in [-0.05, 0) is 48.5 Å². The number of halogens is 1. The summed E-state index contributed by atoms with van der Waals surface area (Å²) in [4.78, 5) is 4.66. The summed E-state index contributed by atoms with van der Waals surface area (Å²) in [6.45, 7) is 0.427. The van der Waals surface area contributed by atoms with Crippen molar-refractivity contribution in [1.29, 1.82) is 0 Å². The van der Waals surface area contributed by atoms with Crippen molar-refractivity contribution < 1.29 is 22.3 Å². The molecule has 0 aliphatic carbocycles. The van der Waals surface area contributed by atoms with E-state index in [1.165, 1.54) is 32.4 Å². The molecule has 0 amide bonds. The average molecular weight is 456 g/mol. The quantitative estimate of drug-likeness (QED) is 0.437. The maximum Gasteiger partial charge on any atom is 0.244 e. The van der Waals surface area contributed by atoms with Crippen LogP contribution >= 0.6 is 0 Å². The van der Waals surface area contributed by atoms with Crippen molar-refractivity contribution in [2.45, 2.75) is 11.4 Å². The summed E-state index contributed by atoms with van der Waals surface area (Å²) >= 11 is 0. The Bertz CT molecular complexity index is 1350. The summed E-state index contributed by atoms with van der Waals surface area (Å²) < 4.78 is 54.2. The van der Waals surface area contributed by atoms with Gasteiger partial charge in [0.15, 0.2) is 0 Å². The molecule has 0 radical (unpaired) electrons. The van der Waals surface area contributed by atoms with E-state index < -0.39 is 10.0 Å². The Balaban J connectivity index is 1.62. The third-order valence-corrected chi connectivity index (χ3v) is 6.53. The topological polar surface area (TPSA) is 82.5 Å². The summed E-state index contributed by atoms with van der Waals surface area (Å²) in [6.07, 6.45) is 0. The van der Waals surface area contributed by atoms with Gasteiger partial charge >= 0.3 is 0 Å². The monoisotopic (exact) mass is 455 g/mol. The second-order valence-corrected chi connectivity index (χ2v) is 8.73. The van der Waals surface area contributed by atoms with Crippen molar-refractivity contribution in [1.82, 2.24) is 14.3 Å². The van der Waals surface area contributed by atoms with Gasteiger partial charge in [-0.1, -0.05) is 12.1 Å². The normalized spacial score (nSPS) is 11.6. The fourth-order valence-electron chi connectivity index (χ4n) is 3.48. The molecule has 9 heteroatoms. The van der Waals surface area contributed by atoms with E-state index in [9.17, 15) is 12.8 Å². The predicted molar refractivity (Wildman–Crippen MR) is 120 cm³/mol. The molecule has 4 rings (SSSR count). The van der Waals surface area contributed by atoms with Crippen LogP contribution in [0, 0.1) is 5.82 Å². The standard InChI is InChI=1S/C23H22FN3O4S/c1-30-18-11-12-21(31-2)22(15-18)32(28,29)25-13-14-27-20-6-4-3-5-19(20)26-23(27)16-7-9-17(24)10-8-16/h3-12,15,25H,13-14H2,1-2H3. The summed E-state index contributed by atoms with van der Waals surface area (Å²) in [6, 6.07) is 18.2. The molecule has 1 aromatic heterocycles. The highest BCUT2D eigenvalue weighted by Crippen LogP contribution is 2.28. The molecule has 1 N–H and O–H groups in total. The van der Waals surface area contributed by atoms with Crippen LogP contribution in [-0.2, 0) is 16.6 Å². The van der Waals surface area contributed by atoms with Gasteiger partial charge in [-0.25, -0.2) is 22.5 Å². The second-order valence-electron chi connectivity index (χ2n) is 7.00. The zero-order chi connectivity index (χ0) is 22.7. The van der Waals surface area contributed by atoms with Crippen LogP contribution in [0.2, 0.25) is 0 Å². The molecule has 0 saturated carbocycles. The van der Waals surface area contributed by atoms with Crippen LogP contribution in [0.5, 0.6) is 11.5 Å². The first-order valence-electron chi connectivity index (χ1n) is 9.86. The average Bonchev–Trinajstić information content (AvgIpc) is 3.17. The molecule has 3 aromatic carbocycles. The number of rotatable bonds is 8. The molecule has 0 atom stereocenters. The summed E-state index contributed by atoms with van der Waals surface area (Å²) in [7, 11) is -0.988. The number of nitrogens with zero attached hydrogens (tertiary/aromatic N) is 2. The lowest BCUT2D eigenvalue weighted by molar-refractivity contribution is 0.392. The molecule has 1 heterocycles. The van der Waals surface area contributed by atoms with Gasteiger partial charge in [-0.15, -0.1) is 0 Å². The number of hydrogen-bond donors (Lipinski definition) is 1. The van der Waals surface area contributed by atoms with E-state index in [-0.39, 0.29) is 23.0 Å². The fourth-order valence-corrected chi connectivity index (χ4v) is 4.69. The zero-order valence-electron chi connectivity index (χ0n) is 17.6. The smallest absolute Gasteiger partial charge is 0.244 e. The van der Waals surface area contributed by atoms with Crippen molar-refractivity contribution in [3.05, 3.63) is 72.5 Å². The molecule has 0 aliphatic heterocycles. The van der Waals surface area contributed by atoms with Crippen LogP contribution in [0.25, 0.3) is 22.4 Å². The lowest BCUT2D eigenvalue weighted by Gasteiger charge is -2.13. The van der Waals surface area contributed by atoms with Gasteiger partial charge in [-0.2, -0.15) is 0 Å². The van der Waals surface area contributed by atoms with Gasteiger partial charge < -0.3 is 14.0 Å². The molecule has 32 heavy (non-hydrogen) atoms. The van der Waals surface area contributed by atoms with Crippen LogP contribution in [0.4, 0.5) is 4.39 Å². The summed E-state index contributed by atoms with van der Waals surface area (Å²) in [5.74, 6) is 0.921. The van der Waals surface area contributed by atoms with Crippen LogP contribution in [0.1, 0.15) is 0 Å². The highest BCUT2D eigenvalue weighted by atomic mass is 32.2. The molecule has 166 valence electrons. The summed E-state index contributed by atoms with van der Waals surface area (Å²) in [5.41, 5.74) is 2.36. The maximum atomic E-state index is 13.4. The number of hydrogen-bond acceptors (Lipinski definition) is 5. The number of methoxy groups -OCH3 is 2. The molecular formula is C23H22FN3O4S. The Morgan fingerprint density at radius 3 is 2.47 bits per heavy atom. The molecule has 0 unspecified atom stereocenters. The molecule has 0 aliphatic rings. The first kappa shape index (κ1) is 21.8. The number of para-hydroxylation sites is 2. The number of benzene rings is 3. The molecular weight excluding hydrogens is 433 g/mol. The molecule has 0 saturated heterocycles. The molecule has 4 aromatic rings. The SMILES string of the molecule is COc1ccc(OC)c(S(=O)(=O)NCCn2c(-c3ccc(F)cc3)nc3ccccc32)c1. The molecule has 0 spiro atoms. The van der Waals surface area contributed by atoms with Gasteiger partial charge in [0.05, 0.1) is 25.3 Å². The lowest BCUT2D eigenvalue weighted by Crippen LogP contribution is -2.28. The summed E-state index contributed by atoms with van der Waals surface area (Å²) in [5, 5.41) is 0. The van der Waals surface area contributed by atoms with E-state index in [4.69, 9.17) is 9.47 Å².